The Morgan fingerprint density at radius 2 is 2.07 bits per heavy atom. The Morgan fingerprint density at radius 1 is 1.27 bits per heavy atom. The summed E-state index contributed by atoms with van der Waals surface area (Å²) in [6.07, 6.45) is 10.5. The molecule has 0 aromatic heterocycles. The molecular weight excluding hydrogens is 203 g/mol. The zero-order valence-electron chi connectivity index (χ0n) is 8.93. The summed E-state index contributed by atoms with van der Waals surface area (Å²) in [5.41, 5.74) is 0. The molecule has 1 aromatic carbocycles. The lowest BCUT2D eigenvalue weighted by Gasteiger charge is -2.26. The minimum absolute atomic E-state index is 0.336. The van der Waals surface area contributed by atoms with E-state index in [0.717, 1.165) is 6.61 Å². The van der Waals surface area contributed by atoms with Crippen molar-refractivity contribution in [2.75, 3.05) is 6.61 Å². The molecule has 2 rings (SSSR count). The Kier molecular flexibility index (Phi) is 3.94. The summed E-state index contributed by atoms with van der Waals surface area (Å²) in [5, 5.41) is 1.33. The number of benzene rings is 1. The molecule has 1 aromatic rings. The molecule has 2 unspecified atom stereocenters. The highest BCUT2D eigenvalue weighted by Crippen LogP contribution is 2.30. The van der Waals surface area contributed by atoms with Crippen molar-refractivity contribution in [1.82, 2.24) is 0 Å². The first-order valence-electron chi connectivity index (χ1n) is 5.47. The van der Waals surface area contributed by atoms with Crippen LogP contribution in [0.15, 0.2) is 30.3 Å². The van der Waals surface area contributed by atoms with Gasteiger partial charge in [-0.25, -0.2) is 0 Å². The van der Waals surface area contributed by atoms with E-state index in [1.807, 2.05) is 6.07 Å². The molecule has 0 saturated carbocycles. The van der Waals surface area contributed by atoms with E-state index < -0.39 is 7.55 Å². The Morgan fingerprint density at radius 3 is 2.73 bits per heavy atom. The van der Waals surface area contributed by atoms with Crippen molar-refractivity contribution in [1.29, 1.82) is 0 Å². The third-order valence-corrected chi connectivity index (χ3v) is 4.30. The van der Waals surface area contributed by atoms with Crippen LogP contribution in [0, 0.1) is 6.16 Å². The molecule has 2 heteroatoms. The molecule has 1 aliphatic rings. The van der Waals surface area contributed by atoms with Crippen molar-refractivity contribution in [3.8, 4) is 0 Å². The zero-order valence-corrected chi connectivity index (χ0v) is 9.83. The van der Waals surface area contributed by atoms with Crippen LogP contribution in [0.1, 0.15) is 19.3 Å². The molecule has 1 nitrogen and oxygen atoms in total. The van der Waals surface area contributed by atoms with Gasteiger partial charge in [-0.2, -0.15) is 0 Å². The van der Waals surface area contributed by atoms with Gasteiger partial charge >= 0.3 is 0 Å². The zero-order chi connectivity index (χ0) is 10.5. The predicted octanol–water partition coefficient (Wildman–Crippen LogP) is 2.96. The normalized spacial score (nSPS) is 22.4. The Bertz CT molecular complexity index is 315. The van der Waals surface area contributed by atoms with Gasteiger partial charge in [0.25, 0.3) is 0 Å². The predicted molar refractivity (Wildman–Crippen MR) is 68.0 cm³/mol. The summed E-state index contributed by atoms with van der Waals surface area (Å²) in [6, 6.07) is 10.5. The maximum atomic E-state index is 5.69. The third-order valence-electron chi connectivity index (χ3n) is 2.65. The van der Waals surface area contributed by atoms with Gasteiger partial charge in [0.2, 0.25) is 0 Å². The van der Waals surface area contributed by atoms with Crippen molar-refractivity contribution < 1.29 is 4.74 Å². The topological polar surface area (TPSA) is 9.23 Å². The lowest BCUT2D eigenvalue weighted by atomic mass is 10.1. The van der Waals surface area contributed by atoms with Crippen LogP contribution in [0.5, 0.6) is 0 Å². The van der Waals surface area contributed by atoms with Crippen LogP contribution in [0.4, 0.5) is 0 Å². The first kappa shape index (κ1) is 10.9. The lowest BCUT2D eigenvalue weighted by molar-refractivity contribution is 0.0421. The van der Waals surface area contributed by atoms with Crippen LogP contribution >= 0.6 is 7.55 Å². The van der Waals surface area contributed by atoms with Crippen molar-refractivity contribution in [2.45, 2.75) is 25.4 Å². The van der Waals surface area contributed by atoms with Gasteiger partial charge in [-0.1, -0.05) is 37.2 Å². The molecular formula is C13H17OP. The average molecular weight is 220 g/mol. The molecule has 0 radical (unpaired) electrons. The fourth-order valence-corrected chi connectivity index (χ4v) is 3.15. The second-order valence-electron chi connectivity index (χ2n) is 3.86. The molecule has 1 heterocycles. The highest BCUT2D eigenvalue weighted by molar-refractivity contribution is 7.65. The van der Waals surface area contributed by atoms with Crippen molar-refractivity contribution in [2.24, 2.45) is 0 Å². The Balaban J connectivity index is 1.91. The van der Waals surface area contributed by atoms with Crippen LogP contribution in [-0.2, 0) is 4.74 Å². The molecule has 1 saturated heterocycles. The largest absolute Gasteiger partial charge is 0.406 e. The molecule has 15 heavy (non-hydrogen) atoms. The van der Waals surface area contributed by atoms with Gasteiger partial charge in [0.05, 0.1) is 0 Å². The maximum absolute atomic E-state index is 5.69. The van der Waals surface area contributed by atoms with Gasteiger partial charge in [0, 0.05) is 12.9 Å². The first-order chi connectivity index (χ1) is 7.36. The number of hydrogen-bond donors (Lipinski definition) is 0. The van der Waals surface area contributed by atoms with Gasteiger partial charge < -0.3 is 4.74 Å². The van der Waals surface area contributed by atoms with E-state index >= 15 is 0 Å². The molecule has 0 spiro atoms. The molecule has 2 atom stereocenters. The summed E-state index contributed by atoms with van der Waals surface area (Å²) in [4.78, 5) is 0. The van der Waals surface area contributed by atoms with E-state index in [-0.39, 0.29) is 0 Å². The summed E-state index contributed by atoms with van der Waals surface area (Å²) in [7, 11) is -0.399. The van der Waals surface area contributed by atoms with Crippen molar-refractivity contribution >= 4 is 19.1 Å². The van der Waals surface area contributed by atoms with E-state index in [4.69, 9.17) is 4.74 Å². The number of hydrogen-bond acceptors (Lipinski definition) is 1. The molecule has 0 N–H and O–H groups in total. The van der Waals surface area contributed by atoms with Crippen LogP contribution in [0.2, 0.25) is 0 Å². The lowest BCUT2D eigenvalue weighted by Crippen LogP contribution is -2.19. The summed E-state index contributed by atoms with van der Waals surface area (Å²) in [5.74, 6) is 0. The quantitative estimate of drug-likeness (QED) is 0.562. The summed E-state index contributed by atoms with van der Waals surface area (Å²) < 4.78 is 5.69. The first-order valence-corrected chi connectivity index (χ1v) is 7.07. The van der Waals surface area contributed by atoms with Crippen LogP contribution in [-0.4, -0.2) is 19.0 Å². The van der Waals surface area contributed by atoms with Gasteiger partial charge in [-0.3, -0.25) is 0 Å². The van der Waals surface area contributed by atoms with E-state index in [0.29, 0.717) is 6.10 Å². The molecule has 1 aliphatic heterocycles. The van der Waals surface area contributed by atoms with Gasteiger partial charge in [-0.15, -0.1) is 0 Å². The van der Waals surface area contributed by atoms with Crippen LogP contribution < -0.4 is 5.30 Å². The van der Waals surface area contributed by atoms with Crippen LogP contribution in [0.3, 0.4) is 0 Å². The molecule has 0 aliphatic carbocycles. The van der Waals surface area contributed by atoms with Gasteiger partial charge in [0.15, 0.2) is 0 Å². The standard InChI is InChI=1S/C13H17OP/c1-15(13-8-3-2-4-9-13)11-12-7-5-6-10-14-12/h2-4,8-9,11-12H,1,5-7,10H2. The molecule has 0 bridgehead atoms. The van der Waals surface area contributed by atoms with Gasteiger partial charge in [-0.05, 0) is 32.2 Å². The number of ether oxygens (including phenoxy) is 1. The molecule has 1 fully saturated rings. The smallest absolute Gasteiger partial charge is 0.116 e. The van der Waals surface area contributed by atoms with Crippen molar-refractivity contribution in [3.05, 3.63) is 36.5 Å². The van der Waals surface area contributed by atoms with E-state index in [9.17, 15) is 0 Å². The SMILES string of the molecule is C=[P+]([CH-]C1CCCCO1)c1ccccc1. The fraction of sp³-hybridized carbons (Fsp3) is 0.385. The third kappa shape index (κ3) is 3.15. The second-order valence-corrected chi connectivity index (χ2v) is 5.61. The Labute approximate surface area is 92.9 Å². The van der Waals surface area contributed by atoms with Gasteiger partial charge in [0.1, 0.15) is 5.30 Å². The number of rotatable bonds is 3. The minimum Gasteiger partial charge on any atom is -0.406 e. The average Bonchev–Trinajstić information content (AvgIpc) is 2.31. The van der Waals surface area contributed by atoms with E-state index in [2.05, 4.69) is 36.7 Å². The second kappa shape index (κ2) is 5.44. The minimum atomic E-state index is -0.399. The highest BCUT2D eigenvalue weighted by Gasteiger charge is 2.12. The summed E-state index contributed by atoms with van der Waals surface area (Å²) in [6.45, 7) is 0.916. The van der Waals surface area contributed by atoms with E-state index in [1.54, 1.807) is 0 Å². The van der Waals surface area contributed by atoms with Crippen LogP contribution in [0.25, 0.3) is 0 Å². The van der Waals surface area contributed by atoms with E-state index in [1.165, 1.54) is 24.6 Å². The molecule has 0 amide bonds. The highest BCUT2D eigenvalue weighted by atomic mass is 31.1. The Hall–Kier alpha value is -0.650. The molecule has 80 valence electrons. The van der Waals surface area contributed by atoms with Crippen molar-refractivity contribution in [3.63, 3.8) is 0 Å². The monoisotopic (exact) mass is 220 g/mol. The maximum Gasteiger partial charge on any atom is 0.116 e. The summed E-state index contributed by atoms with van der Waals surface area (Å²) >= 11 is 0. The fourth-order valence-electron chi connectivity index (χ4n) is 1.79.